The van der Waals surface area contributed by atoms with Crippen molar-refractivity contribution in [2.45, 2.75) is 50.3 Å². The van der Waals surface area contributed by atoms with Crippen LogP contribution in [0.15, 0.2) is 17.6 Å². The fraction of sp³-hybridized carbons (Fsp3) is 0.727. The Kier molecular flexibility index (Phi) is 4.04. The highest BCUT2D eigenvalue weighted by Gasteiger charge is 2.25. The molecular formula is C11H20N4O2S. The number of piperidine rings is 1. The van der Waals surface area contributed by atoms with Gasteiger partial charge >= 0.3 is 0 Å². The molecule has 1 aliphatic heterocycles. The number of aromatic nitrogens is 2. The van der Waals surface area contributed by atoms with Crippen molar-refractivity contribution in [2.75, 3.05) is 6.54 Å². The van der Waals surface area contributed by atoms with Gasteiger partial charge in [-0.05, 0) is 33.2 Å². The Balaban J connectivity index is 2.06. The van der Waals surface area contributed by atoms with E-state index in [-0.39, 0.29) is 11.1 Å². The number of imidazole rings is 1. The lowest BCUT2D eigenvalue weighted by atomic mass is 10.0. The van der Waals surface area contributed by atoms with Crippen LogP contribution < -0.4 is 10.0 Å². The minimum absolute atomic E-state index is 0.00183. The van der Waals surface area contributed by atoms with E-state index >= 15 is 0 Å². The molecule has 6 nitrogen and oxygen atoms in total. The van der Waals surface area contributed by atoms with Gasteiger partial charge in [-0.2, -0.15) is 0 Å². The number of nitrogens with one attached hydrogen (secondary N) is 2. The first kappa shape index (κ1) is 13.5. The summed E-state index contributed by atoms with van der Waals surface area (Å²) in [7, 11) is -3.48. The SMILES string of the molecule is CCn1cnc(S(=O)(=O)NC2CCNC(C)C2)c1. The molecule has 2 N–H and O–H groups in total. The van der Waals surface area contributed by atoms with Crippen LogP contribution in [0.5, 0.6) is 0 Å². The quantitative estimate of drug-likeness (QED) is 0.828. The van der Waals surface area contributed by atoms with E-state index in [9.17, 15) is 8.42 Å². The van der Waals surface area contributed by atoms with Crippen LogP contribution in [0, 0.1) is 0 Å². The zero-order valence-electron chi connectivity index (χ0n) is 10.8. The van der Waals surface area contributed by atoms with Crippen LogP contribution in [-0.2, 0) is 16.6 Å². The van der Waals surface area contributed by atoms with Crippen LogP contribution >= 0.6 is 0 Å². The van der Waals surface area contributed by atoms with Gasteiger partial charge in [-0.25, -0.2) is 18.1 Å². The van der Waals surface area contributed by atoms with E-state index in [1.165, 1.54) is 0 Å². The van der Waals surface area contributed by atoms with Gasteiger partial charge in [-0.15, -0.1) is 0 Å². The van der Waals surface area contributed by atoms with Gasteiger partial charge in [0, 0.05) is 24.8 Å². The highest BCUT2D eigenvalue weighted by molar-refractivity contribution is 7.89. The Bertz CT molecular complexity index is 497. The second kappa shape index (κ2) is 5.38. The lowest BCUT2D eigenvalue weighted by Gasteiger charge is -2.28. The predicted molar refractivity (Wildman–Crippen MR) is 68.7 cm³/mol. The first-order chi connectivity index (χ1) is 8.51. The van der Waals surface area contributed by atoms with E-state index in [2.05, 4.69) is 21.9 Å². The molecular weight excluding hydrogens is 252 g/mol. The second-order valence-corrected chi connectivity index (χ2v) is 6.40. The zero-order valence-corrected chi connectivity index (χ0v) is 11.6. The summed E-state index contributed by atoms with van der Waals surface area (Å²) in [5.41, 5.74) is 0. The molecule has 1 fully saturated rings. The van der Waals surface area contributed by atoms with Crippen molar-refractivity contribution >= 4 is 10.0 Å². The summed E-state index contributed by atoms with van der Waals surface area (Å²) in [4.78, 5) is 3.94. The van der Waals surface area contributed by atoms with Crippen molar-refractivity contribution in [1.82, 2.24) is 19.6 Å². The van der Waals surface area contributed by atoms with Gasteiger partial charge in [0.25, 0.3) is 10.0 Å². The fourth-order valence-electron chi connectivity index (χ4n) is 2.17. The van der Waals surface area contributed by atoms with Crippen molar-refractivity contribution < 1.29 is 8.42 Å². The van der Waals surface area contributed by atoms with Gasteiger partial charge in [0.15, 0.2) is 5.03 Å². The fourth-order valence-corrected chi connectivity index (χ4v) is 3.40. The summed E-state index contributed by atoms with van der Waals surface area (Å²) >= 11 is 0. The Hall–Kier alpha value is -0.920. The third kappa shape index (κ3) is 3.09. The molecule has 0 aromatic carbocycles. The number of hydrogen-bond acceptors (Lipinski definition) is 4. The molecule has 0 amide bonds. The van der Waals surface area contributed by atoms with Crippen molar-refractivity contribution in [1.29, 1.82) is 0 Å². The molecule has 0 spiro atoms. The molecule has 18 heavy (non-hydrogen) atoms. The maximum absolute atomic E-state index is 12.1. The maximum Gasteiger partial charge on any atom is 0.259 e. The van der Waals surface area contributed by atoms with Crippen LogP contribution in [0.3, 0.4) is 0 Å². The lowest BCUT2D eigenvalue weighted by molar-refractivity contribution is 0.361. The van der Waals surface area contributed by atoms with E-state index in [0.29, 0.717) is 12.6 Å². The average Bonchev–Trinajstić information content (AvgIpc) is 2.77. The highest BCUT2D eigenvalue weighted by Crippen LogP contribution is 2.12. The summed E-state index contributed by atoms with van der Waals surface area (Å²) in [6.07, 6.45) is 4.73. The third-order valence-electron chi connectivity index (χ3n) is 3.20. The van der Waals surface area contributed by atoms with Gasteiger partial charge in [0.05, 0.1) is 6.33 Å². The maximum atomic E-state index is 12.1. The number of aryl methyl sites for hydroxylation is 1. The number of hydrogen-bond donors (Lipinski definition) is 2. The van der Waals surface area contributed by atoms with Gasteiger partial charge in [0.1, 0.15) is 0 Å². The van der Waals surface area contributed by atoms with Crippen LogP contribution in [0.1, 0.15) is 26.7 Å². The Labute approximate surface area is 108 Å². The molecule has 2 unspecified atom stereocenters. The summed E-state index contributed by atoms with van der Waals surface area (Å²) in [6.45, 7) is 5.57. The number of nitrogens with zero attached hydrogens (tertiary/aromatic N) is 2. The second-order valence-electron chi connectivity index (χ2n) is 4.74. The highest BCUT2D eigenvalue weighted by atomic mass is 32.2. The number of rotatable bonds is 4. The third-order valence-corrected chi connectivity index (χ3v) is 4.60. The normalized spacial score (nSPS) is 25.2. The van der Waals surface area contributed by atoms with E-state index < -0.39 is 10.0 Å². The Morgan fingerprint density at radius 1 is 1.61 bits per heavy atom. The zero-order chi connectivity index (χ0) is 13.2. The van der Waals surface area contributed by atoms with Crippen molar-refractivity contribution in [3.8, 4) is 0 Å². The molecule has 7 heteroatoms. The van der Waals surface area contributed by atoms with E-state index in [0.717, 1.165) is 19.4 Å². The van der Waals surface area contributed by atoms with Crippen LogP contribution in [0.2, 0.25) is 0 Å². The Morgan fingerprint density at radius 2 is 2.39 bits per heavy atom. The lowest BCUT2D eigenvalue weighted by Crippen LogP contribution is -2.46. The monoisotopic (exact) mass is 272 g/mol. The molecule has 0 saturated carbocycles. The molecule has 0 bridgehead atoms. The molecule has 1 saturated heterocycles. The first-order valence-electron chi connectivity index (χ1n) is 6.28. The summed E-state index contributed by atoms with van der Waals surface area (Å²) in [5.74, 6) is 0. The van der Waals surface area contributed by atoms with Crippen LogP contribution in [-0.4, -0.2) is 36.6 Å². The summed E-state index contributed by atoms with van der Waals surface area (Å²) in [6, 6.07) is 0.345. The van der Waals surface area contributed by atoms with Gasteiger partial charge in [-0.3, -0.25) is 0 Å². The van der Waals surface area contributed by atoms with E-state index in [1.54, 1.807) is 17.1 Å². The standard InChI is InChI=1S/C11H20N4O2S/c1-3-15-7-11(13-8-15)18(16,17)14-10-4-5-12-9(2)6-10/h7-10,12,14H,3-6H2,1-2H3. The topological polar surface area (TPSA) is 76.0 Å². The van der Waals surface area contributed by atoms with Crippen molar-refractivity contribution in [2.24, 2.45) is 0 Å². The van der Waals surface area contributed by atoms with Gasteiger partial charge in [-0.1, -0.05) is 0 Å². The summed E-state index contributed by atoms with van der Waals surface area (Å²) in [5, 5.41) is 3.40. The first-order valence-corrected chi connectivity index (χ1v) is 7.77. The Morgan fingerprint density at radius 3 is 3.00 bits per heavy atom. The van der Waals surface area contributed by atoms with Gasteiger partial charge in [0.2, 0.25) is 0 Å². The molecule has 1 aromatic heterocycles. The molecule has 2 atom stereocenters. The van der Waals surface area contributed by atoms with Crippen molar-refractivity contribution in [3.63, 3.8) is 0 Å². The smallest absolute Gasteiger partial charge is 0.259 e. The minimum atomic E-state index is -3.48. The molecule has 102 valence electrons. The number of sulfonamides is 1. The van der Waals surface area contributed by atoms with Crippen molar-refractivity contribution in [3.05, 3.63) is 12.5 Å². The largest absolute Gasteiger partial charge is 0.336 e. The van der Waals surface area contributed by atoms with Gasteiger partial charge < -0.3 is 9.88 Å². The van der Waals surface area contributed by atoms with E-state index in [1.807, 2.05) is 6.92 Å². The van der Waals surface area contributed by atoms with Crippen LogP contribution in [0.4, 0.5) is 0 Å². The molecule has 1 aliphatic rings. The molecule has 2 heterocycles. The summed E-state index contributed by atoms with van der Waals surface area (Å²) < 4.78 is 28.7. The van der Waals surface area contributed by atoms with E-state index in [4.69, 9.17) is 0 Å². The molecule has 0 radical (unpaired) electrons. The predicted octanol–water partition coefficient (Wildman–Crippen LogP) is 0.322. The molecule has 1 aromatic rings. The average molecular weight is 272 g/mol. The minimum Gasteiger partial charge on any atom is -0.336 e. The molecule has 2 rings (SSSR count). The van der Waals surface area contributed by atoms with Crippen LogP contribution in [0.25, 0.3) is 0 Å². The molecule has 0 aliphatic carbocycles.